The third-order valence-corrected chi connectivity index (χ3v) is 4.02. The fourth-order valence-electron chi connectivity index (χ4n) is 2.81. The quantitative estimate of drug-likeness (QED) is 0.574. The number of methoxy groups -OCH3 is 1. The third kappa shape index (κ3) is 2.78. The number of aromatic nitrogens is 3. The molecule has 0 amide bonds. The molecule has 0 spiro atoms. The number of nitrogens with zero attached hydrogens (tertiary/aromatic N) is 3. The van der Waals surface area contributed by atoms with Crippen LogP contribution < -0.4 is 10.5 Å². The van der Waals surface area contributed by atoms with Crippen LogP contribution in [0.25, 0.3) is 22.2 Å². The van der Waals surface area contributed by atoms with Gasteiger partial charge in [0.2, 0.25) is 5.89 Å². The first kappa shape index (κ1) is 15.1. The topological polar surface area (TPSA) is 70.2 Å². The normalized spacial score (nSPS) is 10.9. The minimum atomic E-state index is -0.494. The lowest BCUT2D eigenvalue weighted by atomic mass is 10.0. The zero-order valence-corrected chi connectivity index (χ0v) is 13.5. The van der Waals surface area contributed by atoms with Gasteiger partial charge in [0.25, 0.3) is 0 Å². The molecule has 0 bridgehead atoms. The number of ether oxygens (including phenoxy) is 1. The first-order chi connectivity index (χ1) is 12.3. The summed E-state index contributed by atoms with van der Waals surface area (Å²) < 4.78 is 12.1. The van der Waals surface area contributed by atoms with Crippen molar-refractivity contribution in [1.29, 1.82) is 0 Å². The maximum Gasteiger partial charge on any atom is 0.437 e. The van der Waals surface area contributed by atoms with E-state index in [9.17, 15) is 4.79 Å². The van der Waals surface area contributed by atoms with Crippen molar-refractivity contribution >= 4 is 10.8 Å². The summed E-state index contributed by atoms with van der Waals surface area (Å²) in [5.41, 5.74) is 1.68. The Balaban J connectivity index is 1.80. The van der Waals surface area contributed by atoms with E-state index in [1.54, 1.807) is 19.5 Å². The van der Waals surface area contributed by atoms with E-state index >= 15 is 0 Å². The molecule has 2 aromatic carbocycles. The van der Waals surface area contributed by atoms with Crippen molar-refractivity contribution in [2.24, 2.45) is 0 Å². The lowest BCUT2D eigenvalue weighted by Crippen LogP contribution is -2.16. The molecule has 0 unspecified atom stereocenters. The molecule has 4 aromatic rings. The van der Waals surface area contributed by atoms with E-state index in [-0.39, 0.29) is 5.89 Å². The van der Waals surface area contributed by atoms with Gasteiger partial charge in [0.05, 0.1) is 13.7 Å². The van der Waals surface area contributed by atoms with Crippen LogP contribution in [0.2, 0.25) is 0 Å². The molecule has 25 heavy (non-hydrogen) atoms. The Morgan fingerprint density at radius 2 is 1.80 bits per heavy atom. The second-order valence-electron chi connectivity index (χ2n) is 5.55. The van der Waals surface area contributed by atoms with E-state index in [0.717, 1.165) is 27.6 Å². The summed E-state index contributed by atoms with van der Waals surface area (Å²) in [5.74, 6) is 0.558. The Labute approximate surface area is 143 Å². The largest absolute Gasteiger partial charge is 0.496 e. The van der Waals surface area contributed by atoms with E-state index in [4.69, 9.17) is 9.15 Å². The lowest BCUT2D eigenvalue weighted by Gasteiger charge is -2.07. The van der Waals surface area contributed by atoms with E-state index in [2.05, 4.69) is 10.1 Å². The minimum Gasteiger partial charge on any atom is -0.496 e. The van der Waals surface area contributed by atoms with Gasteiger partial charge in [-0.3, -0.25) is 4.98 Å². The highest BCUT2D eigenvalue weighted by Crippen LogP contribution is 2.33. The van der Waals surface area contributed by atoms with Crippen LogP contribution in [-0.2, 0) is 6.54 Å². The molecule has 2 heterocycles. The summed E-state index contributed by atoms with van der Waals surface area (Å²) in [4.78, 5) is 16.1. The second-order valence-corrected chi connectivity index (χ2v) is 5.55. The van der Waals surface area contributed by atoms with Crippen LogP contribution in [0.4, 0.5) is 0 Å². The molecule has 0 fully saturated rings. The van der Waals surface area contributed by atoms with Gasteiger partial charge in [0.15, 0.2) is 0 Å². The van der Waals surface area contributed by atoms with Gasteiger partial charge < -0.3 is 9.15 Å². The van der Waals surface area contributed by atoms with Gasteiger partial charge in [0, 0.05) is 23.3 Å². The van der Waals surface area contributed by atoms with E-state index in [1.807, 2.05) is 48.5 Å². The molecule has 6 nitrogen and oxygen atoms in total. The lowest BCUT2D eigenvalue weighted by molar-refractivity contribution is 0.420. The van der Waals surface area contributed by atoms with Crippen LogP contribution in [0.1, 0.15) is 5.56 Å². The van der Waals surface area contributed by atoms with Gasteiger partial charge >= 0.3 is 5.76 Å². The maximum absolute atomic E-state index is 12.2. The molecule has 124 valence electrons. The predicted molar refractivity (Wildman–Crippen MR) is 93.6 cm³/mol. The first-order valence-electron chi connectivity index (χ1n) is 7.79. The van der Waals surface area contributed by atoms with Gasteiger partial charge in [-0.15, -0.1) is 5.10 Å². The van der Waals surface area contributed by atoms with Crippen LogP contribution in [-0.4, -0.2) is 21.9 Å². The summed E-state index contributed by atoms with van der Waals surface area (Å²) in [7, 11) is 1.63. The molecular weight excluding hydrogens is 318 g/mol. The van der Waals surface area contributed by atoms with Crippen molar-refractivity contribution in [2.45, 2.75) is 6.54 Å². The van der Waals surface area contributed by atoms with E-state index < -0.39 is 5.76 Å². The van der Waals surface area contributed by atoms with Crippen molar-refractivity contribution in [1.82, 2.24) is 14.8 Å². The van der Waals surface area contributed by atoms with Crippen molar-refractivity contribution < 1.29 is 9.15 Å². The predicted octanol–water partition coefficient (Wildman–Crippen LogP) is 3.11. The van der Waals surface area contributed by atoms with Gasteiger partial charge in [-0.2, -0.15) is 4.68 Å². The molecule has 0 aliphatic rings. The summed E-state index contributed by atoms with van der Waals surface area (Å²) in [6.45, 7) is 0.332. The number of rotatable bonds is 4. The molecule has 0 atom stereocenters. The number of hydrogen-bond acceptors (Lipinski definition) is 5. The Bertz CT molecular complexity index is 1080. The third-order valence-electron chi connectivity index (χ3n) is 4.02. The van der Waals surface area contributed by atoms with Crippen molar-refractivity contribution in [3.05, 3.63) is 77.0 Å². The number of benzene rings is 2. The SMILES string of the molecule is COc1ccc(-c2nn(Cc3ccncc3)c(=O)o2)c2ccccc12. The van der Waals surface area contributed by atoms with Gasteiger partial charge in [-0.1, -0.05) is 24.3 Å². The number of hydrogen-bond donors (Lipinski definition) is 0. The summed E-state index contributed by atoms with van der Waals surface area (Å²) in [6, 6.07) is 15.2. The monoisotopic (exact) mass is 333 g/mol. The summed E-state index contributed by atoms with van der Waals surface area (Å²) in [5, 5.41) is 6.21. The van der Waals surface area contributed by atoms with Crippen LogP contribution in [0, 0.1) is 0 Å². The fourth-order valence-corrected chi connectivity index (χ4v) is 2.81. The highest BCUT2D eigenvalue weighted by molar-refractivity contribution is 5.98. The standard InChI is InChI=1S/C19H15N3O3/c1-24-17-7-6-16(14-4-2-3-5-15(14)17)18-21-22(19(23)25-18)12-13-8-10-20-11-9-13/h2-11H,12H2,1H3. The molecule has 4 rings (SSSR count). The Morgan fingerprint density at radius 3 is 2.56 bits per heavy atom. The zero-order valence-electron chi connectivity index (χ0n) is 13.5. The second kappa shape index (κ2) is 6.24. The average Bonchev–Trinajstić information content (AvgIpc) is 3.02. The van der Waals surface area contributed by atoms with Crippen molar-refractivity contribution in [3.63, 3.8) is 0 Å². The molecule has 0 radical (unpaired) electrons. The van der Waals surface area contributed by atoms with Gasteiger partial charge in [-0.05, 0) is 35.2 Å². The molecule has 0 N–H and O–H groups in total. The van der Waals surface area contributed by atoms with Crippen LogP contribution in [0.15, 0.2) is 70.1 Å². The molecule has 0 aliphatic carbocycles. The average molecular weight is 333 g/mol. The Kier molecular flexibility index (Phi) is 3.78. The number of pyridine rings is 1. The zero-order chi connectivity index (χ0) is 17.2. The number of fused-ring (bicyclic) bond motifs is 1. The van der Waals surface area contributed by atoms with Crippen LogP contribution in [0.3, 0.4) is 0 Å². The minimum absolute atomic E-state index is 0.290. The van der Waals surface area contributed by atoms with Crippen molar-refractivity contribution in [3.8, 4) is 17.2 Å². The highest BCUT2D eigenvalue weighted by atomic mass is 16.5. The molecular formula is C19H15N3O3. The fraction of sp³-hybridized carbons (Fsp3) is 0.105. The maximum atomic E-state index is 12.2. The van der Waals surface area contributed by atoms with E-state index in [0.29, 0.717) is 6.54 Å². The van der Waals surface area contributed by atoms with Gasteiger partial charge in [-0.25, -0.2) is 4.79 Å². The Hall–Kier alpha value is -3.41. The first-order valence-corrected chi connectivity index (χ1v) is 7.79. The molecule has 0 saturated carbocycles. The van der Waals surface area contributed by atoms with Crippen molar-refractivity contribution in [2.75, 3.05) is 7.11 Å². The molecule has 6 heteroatoms. The molecule has 0 aliphatic heterocycles. The molecule has 0 saturated heterocycles. The summed E-state index contributed by atoms with van der Waals surface area (Å²) in [6.07, 6.45) is 3.36. The van der Waals surface area contributed by atoms with Crippen LogP contribution in [0.5, 0.6) is 5.75 Å². The van der Waals surface area contributed by atoms with Crippen LogP contribution >= 0.6 is 0 Å². The van der Waals surface area contributed by atoms with Gasteiger partial charge in [0.1, 0.15) is 5.75 Å². The molecule has 2 aromatic heterocycles. The Morgan fingerprint density at radius 1 is 1.04 bits per heavy atom. The highest BCUT2D eigenvalue weighted by Gasteiger charge is 2.15. The van der Waals surface area contributed by atoms with E-state index in [1.165, 1.54) is 4.68 Å². The summed E-state index contributed by atoms with van der Waals surface area (Å²) >= 11 is 0. The smallest absolute Gasteiger partial charge is 0.437 e.